The molecule has 1 aromatic carbocycles. The first-order chi connectivity index (χ1) is 7.74. The van der Waals surface area contributed by atoms with Gasteiger partial charge in [0.15, 0.2) is 0 Å². The molecule has 0 unspecified atom stereocenters. The van der Waals surface area contributed by atoms with Gasteiger partial charge in [0.05, 0.1) is 29.1 Å². The van der Waals surface area contributed by atoms with Crippen LogP contribution in [-0.4, -0.2) is 13.1 Å². The van der Waals surface area contributed by atoms with Crippen LogP contribution in [0.1, 0.15) is 5.56 Å². The van der Waals surface area contributed by atoms with Crippen molar-refractivity contribution in [3.63, 3.8) is 0 Å². The van der Waals surface area contributed by atoms with E-state index in [1.165, 1.54) is 4.90 Å². The predicted molar refractivity (Wildman–Crippen MR) is 59.0 cm³/mol. The SMILES string of the molecule is N#CCN(CC#N)c1cccc(C#N)c1N. The molecular weight excluding hydrogens is 202 g/mol. The van der Waals surface area contributed by atoms with Crippen molar-refractivity contribution in [2.45, 2.75) is 0 Å². The van der Waals surface area contributed by atoms with E-state index in [4.69, 9.17) is 21.5 Å². The average molecular weight is 211 g/mol. The highest BCUT2D eigenvalue weighted by atomic mass is 15.1. The second kappa shape index (κ2) is 5.24. The first-order valence-corrected chi connectivity index (χ1v) is 4.52. The lowest BCUT2D eigenvalue weighted by atomic mass is 10.1. The monoisotopic (exact) mass is 211 g/mol. The Bertz CT molecular complexity index is 485. The number of benzene rings is 1. The standard InChI is InChI=1S/C11H9N5/c12-4-6-16(7-5-13)10-3-1-2-9(8-14)11(10)15/h1-3H,6-7,15H2. The molecule has 0 spiro atoms. The first kappa shape index (κ1) is 11.4. The van der Waals surface area contributed by atoms with Crippen molar-refractivity contribution in [2.75, 3.05) is 23.7 Å². The number of hydrogen-bond acceptors (Lipinski definition) is 5. The first-order valence-electron chi connectivity index (χ1n) is 4.52. The Balaban J connectivity index is 3.17. The molecule has 0 amide bonds. The average Bonchev–Trinajstić information content (AvgIpc) is 2.29. The number of nitrogens with zero attached hydrogens (tertiary/aromatic N) is 4. The molecule has 0 aromatic heterocycles. The number of para-hydroxylation sites is 1. The molecule has 78 valence electrons. The van der Waals surface area contributed by atoms with Crippen molar-refractivity contribution < 1.29 is 0 Å². The summed E-state index contributed by atoms with van der Waals surface area (Å²) < 4.78 is 0. The maximum Gasteiger partial charge on any atom is 0.107 e. The molecule has 2 N–H and O–H groups in total. The fourth-order valence-electron chi connectivity index (χ4n) is 1.32. The molecule has 5 heteroatoms. The van der Waals surface area contributed by atoms with E-state index in [9.17, 15) is 0 Å². The van der Waals surface area contributed by atoms with Gasteiger partial charge in [0.1, 0.15) is 19.2 Å². The molecule has 0 aliphatic carbocycles. The van der Waals surface area contributed by atoms with Crippen LogP contribution in [0.2, 0.25) is 0 Å². The second-order valence-corrected chi connectivity index (χ2v) is 3.02. The van der Waals surface area contributed by atoms with Crippen molar-refractivity contribution in [2.24, 2.45) is 0 Å². The van der Waals surface area contributed by atoms with E-state index in [2.05, 4.69) is 0 Å². The minimum Gasteiger partial charge on any atom is -0.396 e. The highest BCUT2D eigenvalue weighted by Crippen LogP contribution is 2.25. The van der Waals surface area contributed by atoms with Gasteiger partial charge in [0.2, 0.25) is 0 Å². The van der Waals surface area contributed by atoms with Crippen LogP contribution in [0.25, 0.3) is 0 Å². The molecular formula is C11H9N5. The summed E-state index contributed by atoms with van der Waals surface area (Å²) >= 11 is 0. The number of hydrogen-bond donors (Lipinski definition) is 1. The van der Waals surface area contributed by atoms with Gasteiger partial charge in [-0.1, -0.05) is 6.07 Å². The third-order valence-electron chi connectivity index (χ3n) is 2.07. The summed E-state index contributed by atoms with van der Waals surface area (Å²) in [5.41, 5.74) is 6.96. The van der Waals surface area contributed by atoms with Crippen molar-refractivity contribution in [3.8, 4) is 18.2 Å². The van der Waals surface area contributed by atoms with Crippen LogP contribution in [0.5, 0.6) is 0 Å². The highest BCUT2D eigenvalue weighted by Gasteiger charge is 2.11. The van der Waals surface area contributed by atoms with Crippen molar-refractivity contribution in [1.82, 2.24) is 0 Å². The number of nitriles is 3. The van der Waals surface area contributed by atoms with Gasteiger partial charge in [-0.15, -0.1) is 0 Å². The Morgan fingerprint density at radius 3 is 2.25 bits per heavy atom. The van der Waals surface area contributed by atoms with E-state index in [0.29, 0.717) is 16.9 Å². The summed E-state index contributed by atoms with van der Waals surface area (Å²) in [6, 6.07) is 10.8. The maximum atomic E-state index is 8.81. The van der Waals surface area contributed by atoms with Crippen molar-refractivity contribution >= 4 is 11.4 Å². The summed E-state index contributed by atoms with van der Waals surface area (Å²) in [5, 5.41) is 26.1. The summed E-state index contributed by atoms with van der Waals surface area (Å²) in [6.07, 6.45) is 0. The van der Waals surface area contributed by atoms with Gasteiger partial charge >= 0.3 is 0 Å². The molecule has 0 heterocycles. The van der Waals surface area contributed by atoms with Gasteiger partial charge in [-0.3, -0.25) is 0 Å². The Morgan fingerprint density at radius 2 is 1.75 bits per heavy atom. The normalized spacial score (nSPS) is 8.56. The molecule has 0 fully saturated rings. The predicted octanol–water partition coefficient (Wildman–Crippen LogP) is 0.994. The number of rotatable bonds is 3. The summed E-state index contributed by atoms with van der Waals surface area (Å²) in [7, 11) is 0. The smallest absolute Gasteiger partial charge is 0.107 e. The second-order valence-electron chi connectivity index (χ2n) is 3.02. The molecule has 5 nitrogen and oxygen atoms in total. The zero-order chi connectivity index (χ0) is 12.0. The van der Waals surface area contributed by atoms with Gasteiger partial charge in [-0.25, -0.2) is 0 Å². The van der Waals surface area contributed by atoms with Crippen LogP contribution in [0.4, 0.5) is 11.4 Å². The highest BCUT2D eigenvalue weighted by molar-refractivity contribution is 5.74. The van der Waals surface area contributed by atoms with Crippen LogP contribution in [0.3, 0.4) is 0 Å². The van der Waals surface area contributed by atoms with Crippen LogP contribution in [-0.2, 0) is 0 Å². The Morgan fingerprint density at radius 1 is 1.12 bits per heavy atom. The van der Waals surface area contributed by atoms with Crippen LogP contribution >= 0.6 is 0 Å². The van der Waals surface area contributed by atoms with E-state index in [1.807, 2.05) is 18.2 Å². The molecule has 16 heavy (non-hydrogen) atoms. The lowest BCUT2D eigenvalue weighted by Crippen LogP contribution is -2.24. The van der Waals surface area contributed by atoms with Crippen LogP contribution in [0.15, 0.2) is 18.2 Å². The molecule has 0 radical (unpaired) electrons. The van der Waals surface area contributed by atoms with E-state index in [1.54, 1.807) is 18.2 Å². The third kappa shape index (κ3) is 2.20. The van der Waals surface area contributed by atoms with Gasteiger partial charge in [0, 0.05) is 0 Å². The third-order valence-corrected chi connectivity index (χ3v) is 2.07. The quantitative estimate of drug-likeness (QED) is 0.593. The topological polar surface area (TPSA) is 101 Å². The van der Waals surface area contributed by atoms with Gasteiger partial charge < -0.3 is 10.6 Å². The largest absolute Gasteiger partial charge is 0.396 e. The van der Waals surface area contributed by atoms with Gasteiger partial charge in [0.25, 0.3) is 0 Å². The van der Waals surface area contributed by atoms with E-state index in [-0.39, 0.29) is 13.1 Å². The van der Waals surface area contributed by atoms with E-state index < -0.39 is 0 Å². The minimum absolute atomic E-state index is 0.0621. The van der Waals surface area contributed by atoms with Crippen LogP contribution in [0, 0.1) is 34.0 Å². The number of nitrogen functional groups attached to an aromatic ring is 1. The summed E-state index contributed by atoms with van der Waals surface area (Å²) in [6.45, 7) is 0.124. The Kier molecular flexibility index (Phi) is 3.72. The zero-order valence-electron chi connectivity index (χ0n) is 8.51. The summed E-state index contributed by atoms with van der Waals surface area (Å²) in [5.74, 6) is 0. The van der Waals surface area contributed by atoms with E-state index >= 15 is 0 Å². The molecule has 1 rings (SSSR count). The molecule has 0 bridgehead atoms. The molecule has 0 aliphatic rings. The minimum atomic E-state index is 0.0621. The molecule has 0 atom stereocenters. The Labute approximate surface area is 93.5 Å². The maximum absolute atomic E-state index is 8.81. The molecule has 1 aromatic rings. The lowest BCUT2D eigenvalue weighted by molar-refractivity contribution is 0.968. The lowest BCUT2D eigenvalue weighted by Gasteiger charge is -2.20. The van der Waals surface area contributed by atoms with Crippen molar-refractivity contribution in [1.29, 1.82) is 15.8 Å². The fourth-order valence-corrected chi connectivity index (χ4v) is 1.32. The van der Waals surface area contributed by atoms with E-state index in [0.717, 1.165) is 0 Å². The van der Waals surface area contributed by atoms with Gasteiger partial charge in [-0.05, 0) is 12.1 Å². The van der Waals surface area contributed by atoms with Crippen LogP contribution < -0.4 is 10.6 Å². The number of anilines is 2. The van der Waals surface area contributed by atoms with Crippen molar-refractivity contribution in [3.05, 3.63) is 23.8 Å². The van der Waals surface area contributed by atoms with Gasteiger partial charge in [-0.2, -0.15) is 15.8 Å². The fraction of sp³-hybridized carbons (Fsp3) is 0.182. The molecule has 0 aliphatic heterocycles. The Hall–Kier alpha value is -2.71. The zero-order valence-corrected chi connectivity index (χ0v) is 8.51. The summed E-state index contributed by atoms with van der Waals surface area (Å²) in [4.78, 5) is 1.52. The number of nitrogens with two attached hydrogens (primary N) is 1. The molecule has 0 saturated carbocycles. The molecule has 0 saturated heterocycles.